The lowest BCUT2D eigenvalue weighted by atomic mass is 9.90. The molecule has 1 fully saturated rings. The summed E-state index contributed by atoms with van der Waals surface area (Å²) in [6.45, 7) is 5.26. The van der Waals surface area contributed by atoms with Crippen LogP contribution < -0.4 is 5.32 Å². The predicted molar refractivity (Wildman–Crippen MR) is 136 cm³/mol. The summed E-state index contributed by atoms with van der Waals surface area (Å²) in [5.41, 5.74) is 5.33. The van der Waals surface area contributed by atoms with Crippen molar-refractivity contribution < 1.29 is 5.11 Å². The van der Waals surface area contributed by atoms with Gasteiger partial charge in [0.2, 0.25) is 0 Å². The molecule has 168 valence electrons. The Hall–Kier alpha value is -2.14. The molecule has 1 heterocycles. The molecule has 32 heavy (non-hydrogen) atoms. The molecule has 4 heteroatoms. The highest BCUT2D eigenvalue weighted by Gasteiger charge is 2.20. The van der Waals surface area contributed by atoms with Gasteiger partial charge in [-0.15, -0.1) is 0 Å². The van der Waals surface area contributed by atoms with Crippen LogP contribution in [0.4, 0.5) is 0 Å². The van der Waals surface area contributed by atoms with Crippen LogP contribution in [0.5, 0.6) is 5.75 Å². The maximum Gasteiger partial charge on any atom is 0.115 e. The van der Waals surface area contributed by atoms with Gasteiger partial charge in [0.15, 0.2) is 0 Å². The second kappa shape index (κ2) is 11.6. The molecule has 3 aromatic carbocycles. The van der Waals surface area contributed by atoms with Gasteiger partial charge in [0, 0.05) is 24.1 Å². The van der Waals surface area contributed by atoms with Gasteiger partial charge in [-0.1, -0.05) is 70.5 Å². The molecule has 0 spiro atoms. The average Bonchev–Trinajstić information content (AvgIpc) is 2.82. The molecule has 3 nitrogen and oxygen atoms in total. The van der Waals surface area contributed by atoms with E-state index in [0.29, 0.717) is 11.7 Å². The van der Waals surface area contributed by atoms with E-state index in [-0.39, 0.29) is 0 Å². The number of nitrogens with one attached hydrogen (secondary N) is 1. The molecule has 0 unspecified atom stereocenters. The van der Waals surface area contributed by atoms with E-state index in [4.69, 9.17) is 0 Å². The lowest BCUT2D eigenvalue weighted by Crippen LogP contribution is -2.35. The number of phenols is 1. The van der Waals surface area contributed by atoms with Crippen molar-refractivity contribution in [3.05, 3.63) is 99.5 Å². The highest BCUT2D eigenvalue weighted by molar-refractivity contribution is 9.10. The molecular formula is C28H33BrN2O. The molecule has 2 N–H and O–H groups in total. The molecule has 0 aliphatic carbocycles. The van der Waals surface area contributed by atoms with Crippen molar-refractivity contribution in [2.24, 2.45) is 5.92 Å². The fourth-order valence-corrected chi connectivity index (χ4v) is 4.98. The van der Waals surface area contributed by atoms with Crippen LogP contribution in [0.2, 0.25) is 0 Å². The third kappa shape index (κ3) is 6.93. The normalized spacial score (nSPS) is 15.2. The van der Waals surface area contributed by atoms with Gasteiger partial charge in [0.05, 0.1) is 0 Å². The van der Waals surface area contributed by atoms with Crippen LogP contribution in [0.3, 0.4) is 0 Å². The van der Waals surface area contributed by atoms with Crippen LogP contribution in [0.25, 0.3) is 0 Å². The van der Waals surface area contributed by atoms with E-state index >= 15 is 0 Å². The Kier molecular flexibility index (Phi) is 8.38. The zero-order valence-corrected chi connectivity index (χ0v) is 20.2. The molecule has 0 aromatic heterocycles. The number of hydrogen-bond donors (Lipinski definition) is 2. The van der Waals surface area contributed by atoms with Gasteiger partial charge in [0.25, 0.3) is 0 Å². The molecule has 0 saturated carbocycles. The van der Waals surface area contributed by atoms with Gasteiger partial charge < -0.3 is 15.3 Å². The smallest absolute Gasteiger partial charge is 0.115 e. The van der Waals surface area contributed by atoms with Crippen LogP contribution in [-0.2, 0) is 25.9 Å². The van der Waals surface area contributed by atoms with Gasteiger partial charge >= 0.3 is 0 Å². The molecule has 3 aromatic rings. The fourth-order valence-electron chi connectivity index (χ4n) is 4.57. The summed E-state index contributed by atoms with van der Waals surface area (Å²) in [6, 6.07) is 25.2. The second-order valence-corrected chi connectivity index (χ2v) is 9.78. The lowest BCUT2D eigenvalue weighted by Gasteiger charge is -2.32. The zero-order chi connectivity index (χ0) is 22.2. The number of benzene rings is 3. The largest absolute Gasteiger partial charge is 0.508 e. The van der Waals surface area contributed by atoms with Gasteiger partial charge in [-0.3, -0.25) is 0 Å². The van der Waals surface area contributed by atoms with E-state index in [9.17, 15) is 5.11 Å². The van der Waals surface area contributed by atoms with Crippen LogP contribution in [0.15, 0.2) is 77.3 Å². The summed E-state index contributed by atoms with van der Waals surface area (Å²) in [5, 5.41) is 13.3. The average molecular weight is 493 g/mol. The Labute approximate surface area is 200 Å². The van der Waals surface area contributed by atoms with Crippen LogP contribution >= 0.6 is 15.9 Å². The topological polar surface area (TPSA) is 35.5 Å². The SMILES string of the molecule is Oc1ccc(Br)c(CC2CCN(CCc3cccc(CNCc4ccccc4)c3)CC2)c1. The first-order valence-electron chi connectivity index (χ1n) is 11.7. The van der Waals surface area contributed by atoms with Crippen molar-refractivity contribution in [3.8, 4) is 5.75 Å². The summed E-state index contributed by atoms with van der Waals surface area (Å²) in [5.74, 6) is 1.06. The lowest BCUT2D eigenvalue weighted by molar-refractivity contribution is 0.186. The van der Waals surface area contributed by atoms with Crippen molar-refractivity contribution in [3.63, 3.8) is 0 Å². The van der Waals surface area contributed by atoms with E-state index in [0.717, 1.165) is 36.9 Å². The Morgan fingerprint density at radius 1 is 0.844 bits per heavy atom. The Balaban J connectivity index is 1.19. The third-order valence-electron chi connectivity index (χ3n) is 6.45. The third-order valence-corrected chi connectivity index (χ3v) is 7.23. The molecule has 0 radical (unpaired) electrons. The minimum atomic E-state index is 0.359. The molecule has 4 rings (SSSR count). The highest BCUT2D eigenvalue weighted by Crippen LogP contribution is 2.28. The van der Waals surface area contributed by atoms with E-state index in [2.05, 4.69) is 80.7 Å². The first-order valence-corrected chi connectivity index (χ1v) is 12.5. The summed E-state index contributed by atoms with van der Waals surface area (Å²) in [4.78, 5) is 2.61. The number of likely N-dealkylation sites (tertiary alicyclic amines) is 1. The highest BCUT2D eigenvalue weighted by atomic mass is 79.9. The first kappa shape index (κ1) is 23.0. The van der Waals surface area contributed by atoms with Crippen LogP contribution in [0, 0.1) is 5.92 Å². The number of aromatic hydroxyl groups is 1. The van der Waals surface area contributed by atoms with Gasteiger partial charge in [-0.05, 0) is 85.1 Å². The van der Waals surface area contributed by atoms with Crippen molar-refractivity contribution in [1.82, 2.24) is 10.2 Å². The fraction of sp³-hybridized carbons (Fsp3) is 0.357. The molecule has 1 aliphatic heterocycles. The molecule has 1 saturated heterocycles. The molecule has 1 aliphatic rings. The number of halogens is 1. The summed E-state index contributed by atoms with van der Waals surface area (Å²) >= 11 is 3.63. The predicted octanol–water partition coefficient (Wildman–Crippen LogP) is 5.94. The number of piperidine rings is 1. The van der Waals surface area contributed by atoms with E-state index in [1.54, 1.807) is 6.07 Å². The van der Waals surface area contributed by atoms with Gasteiger partial charge in [-0.25, -0.2) is 0 Å². The van der Waals surface area contributed by atoms with Gasteiger partial charge in [0.1, 0.15) is 5.75 Å². The van der Waals surface area contributed by atoms with E-state index in [1.807, 2.05) is 12.1 Å². The molecular weight excluding hydrogens is 460 g/mol. The number of hydrogen-bond acceptors (Lipinski definition) is 3. The minimum absolute atomic E-state index is 0.359. The van der Waals surface area contributed by atoms with Crippen molar-refractivity contribution in [2.45, 2.75) is 38.8 Å². The quantitative estimate of drug-likeness (QED) is 0.387. The summed E-state index contributed by atoms with van der Waals surface area (Å²) < 4.78 is 1.11. The Bertz CT molecular complexity index is 984. The molecule has 0 atom stereocenters. The van der Waals surface area contributed by atoms with Crippen molar-refractivity contribution >= 4 is 15.9 Å². The van der Waals surface area contributed by atoms with Crippen LogP contribution in [0.1, 0.15) is 35.1 Å². The van der Waals surface area contributed by atoms with Crippen molar-refractivity contribution in [2.75, 3.05) is 19.6 Å². The van der Waals surface area contributed by atoms with Crippen molar-refractivity contribution in [1.29, 1.82) is 0 Å². The number of rotatable bonds is 9. The number of nitrogens with zero attached hydrogens (tertiary/aromatic N) is 1. The standard InChI is InChI=1S/C28H33BrN2O/c29-28-10-9-27(32)19-26(28)18-23-12-15-31(16-13-23)14-11-22-7-4-8-25(17-22)21-30-20-24-5-2-1-3-6-24/h1-10,17,19,23,30,32H,11-16,18,20-21H2. The second-order valence-electron chi connectivity index (χ2n) is 8.92. The monoisotopic (exact) mass is 492 g/mol. The minimum Gasteiger partial charge on any atom is -0.508 e. The summed E-state index contributed by atoms with van der Waals surface area (Å²) in [6.07, 6.45) is 4.60. The van der Waals surface area contributed by atoms with E-state index < -0.39 is 0 Å². The Morgan fingerprint density at radius 2 is 1.56 bits per heavy atom. The first-order chi connectivity index (χ1) is 15.7. The van der Waals surface area contributed by atoms with Crippen LogP contribution in [-0.4, -0.2) is 29.6 Å². The zero-order valence-electron chi connectivity index (χ0n) is 18.6. The molecule has 0 amide bonds. The maximum atomic E-state index is 9.77. The molecule has 0 bridgehead atoms. The van der Waals surface area contributed by atoms with E-state index in [1.165, 1.54) is 48.2 Å². The summed E-state index contributed by atoms with van der Waals surface area (Å²) in [7, 11) is 0. The maximum absolute atomic E-state index is 9.77. The van der Waals surface area contributed by atoms with Gasteiger partial charge in [-0.2, -0.15) is 0 Å². The number of phenolic OH excluding ortho intramolecular Hbond substituents is 1. The Morgan fingerprint density at radius 3 is 2.38 bits per heavy atom.